The average molecular weight is 296 g/mol. The molecule has 1 fully saturated rings. The zero-order chi connectivity index (χ0) is 14.7. The van der Waals surface area contributed by atoms with E-state index >= 15 is 0 Å². The van der Waals surface area contributed by atoms with Gasteiger partial charge in [0.15, 0.2) is 0 Å². The number of thiazole rings is 1. The van der Waals surface area contributed by atoms with Crippen molar-refractivity contribution in [3.8, 4) is 0 Å². The molecule has 2 N–H and O–H groups in total. The minimum absolute atomic E-state index is 0.0443. The van der Waals surface area contributed by atoms with Crippen LogP contribution in [0.25, 0.3) is 0 Å². The second kappa shape index (κ2) is 6.65. The van der Waals surface area contributed by atoms with Crippen molar-refractivity contribution < 1.29 is 4.79 Å². The van der Waals surface area contributed by atoms with Crippen LogP contribution in [-0.4, -0.2) is 52.9 Å². The summed E-state index contributed by atoms with van der Waals surface area (Å²) < 4.78 is 0. The lowest BCUT2D eigenvalue weighted by molar-refractivity contribution is 0.0773. The average Bonchev–Trinajstić information content (AvgIpc) is 3.09. The maximum absolute atomic E-state index is 12.4. The van der Waals surface area contributed by atoms with Gasteiger partial charge in [0.25, 0.3) is 5.91 Å². The number of rotatable bonds is 5. The van der Waals surface area contributed by atoms with Crippen LogP contribution < -0.4 is 5.73 Å². The quantitative estimate of drug-likeness (QED) is 0.898. The lowest BCUT2D eigenvalue weighted by Gasteiger charge is -2.25. The van der Waals surface area contributed by atoms with Gasteiger partial charge >= 0.3 is 0 Å². The topological polar surface area (TPSA) is 62.5 Å². The van der Waals surface area contributed by atoms with Gasteiger partial charge in [-0.3, -0.25) is 9.69 Å². The lowest BCUT2D eigenvalue weighted by Crippen LogP contribution is -2.38. The van der Waals surface area contributed by atoms with Crippen molar-refractivity contribution in [3.63, 3.8) is 0 Å². The minimum Gasteiger partial charge on any atom is -0.336 e. The molecule has 2 heterocycles. The molecule has 0 radical (unpaired) electrons. The fourth-order valence-corrected chi connectivity index (χ4v) is 3.47. The molecule has 2 atom stereocenters. The normalized spacial score (nSPS) is 20.6. The molecule has 2 rings (SSSR count). The van der Waals surface area contributed by atoms with Crippen molar-refractivity contribution in [2.75, 3.05) is 26.2 Å². The molecule has 2 unspecified atom stereocenters. The predicted octanol–water partition coefficient (Wildman–Crippen LogP) is 1.72. The molecule has 0 spiro atoms. The van der Waals surface area contributed by atoms with Gasteiger partial charge in [0, 0.05) is 24.5 Å². The Morgan fingerprint density at radius 2 is 2.30 bits per heavy atom. The minimum atomic E-state index is -0.108. The molecule has 5 nitrogen and oxygen atoms in total. The first-order valence-corrected chi connectivity index (χ1v) is 8.19. The molecule has 1 amide bonds. The van der Waals surface area contributed by atoms with Gasteiger partial charge < -0.3 is 10.6 Å². The fraction of sp³-hybridized carbons (Fsp3) is 0.714. The number of likely N-dealkylation sites (N-methyl/N-ethyl adjacent to an activating group) is 1. The van der Waals surface area contributed by atoms with Gasteiger partial charge in [-0.25, -0.2) is 4.98 Å². The molecule has 1 aliphatic heterocycles. The number of hydrogen-bond donors (Lipinski definition) is 1. The van der Waals surface area contributed by atoms with Gasteiger partial charge in [-0.05, 0) is 26.4 Å². The third-order valence-corrected chi connectivity index (χ3v) is 4.96. The zero-order valence-electron chi connectivity index (χ0n) is 12.5. The largest absolute Gasteiger partial charge is 0.336 e. The van der Waals surface area contributed by atoms with E-state index in [0.717, 1.165) is 37.6 Å². The van der Waals surface area contributed by atoms with Crippen molar-refractivity contribution in [1.29, 1.82) is 0 Å². The first-order chi connectivity index (χ1) is 9.56. The Bertz CT molecular complexity index is 456. The Hall–Kier alpha value is -0.980. The molecule has 1 aromatic rings. The van der Waals surface area contributed by atoms with Crippen LogP contribution in [0.4, 0.5) is 0 Å². The molecule has 0 saturated carbocycles. The van der Waals surface area contributed by atoms with E-state index in [9.17, 15) is 4.79 Å². The van der Waals surface area contributed by atoms with E-state index in [0.29, 0.717) is 11.7 Å². The highest BCUT2D eigenvalue weighted by Crippen LogP contribution is 2.21. The highest BCUT2D eigenvalue weighted by atomic mass is 32.1. The molecule has 112 valence electrons. The Morgan fingerprint density at radius 3 is 2.85 bits per heavy atom. The molecule has 20 heavy (non-hydrogen) atoms. The standard InChI is InChI=1S/C14H24N4OS/c1-4-17(5-2)11-6-7-18(8-11)14(19)12-9-20-13(16-12)10(3)15/h9-11H,4-8,15H2,1-3H3. The predicted molar refractivity (Wildman–Crippen MR) is 81.9 cm³/mol. The molecular formula is C14H24N4OS. The summed E-state index contributed by atoms with van der Waals surface area (Å²) in [5.74, 6) is 0.0443. The second-order valence-corrected chi connectivity index (χ2v) is 6.16. The van der Waals surface area contributed by atoms with Gasteiger partial charge in [0.2, 0.25) is 0 Å². The second-order valence-electron chi connectivity index (χ2n) is 5.27. The molecule has 0 aromatic carbocycles. The van der Waals surface area contributed by atoms with E-state index in [1.165, 1.54) is 11.3 Å². The van der Waals surface area contributed by atoms with E-state index in [2.05, 4.69) is 23.7 Å². The summed E-state index contributed by atoms with van der Waals surface area (Å²) >= 11 is 1.47. The van der Waals surface area contributed by atoms with E-state index in [4.69, 9.17) is 5.73 Å². The van der Waals surface area contributed by atoms with Crippen molar-refractivity contribution in [3.05, 3.63) is 16.1 Å². The summed E-state index contributed by atoms with van der Waals surface area (Å²) in [5, 5.41) is 2.65. The number of likely N-dealkylation sites (tertiary alicyclic amines) is 1. The van der Waals surface area contributed by atoms with Gasteiger partial charge in [-0.15, -0.1) is 11.3 Å². The molecule has 1 aromatic heterocycles. The van der Waals surface area contributed by atoms with E-state index in [-0.39, 0.29) is 11.9 Å². The first kappa shape index (κ1) is 15.4. The van der Waals surface area contributed by atoms with Crippen LogP contribution in [0.1, 0.15) is 48.7 Å². The summed E-state index contributed by atoms with van der Waals surface area (Å²) in [4.78, 5) is 21.1. The van der Waals surface area contributed by atoms with Crippen molar-refractivity contribution >= 4 is 17.2 Å². The van der Waals surface area contributed by atoms with Crippen molar-refractivity contribution in [2.45, 2.75) is 39.3 Å². The maximum Gasteiger partial charge on any atom is 0.273 e. The first-order valence-electron chi connectivity index (χ1n) is 7.31. The highest BCUT2D eigenvalue weighted by molar-refractivity contribution is 7.09. The Morgan fingerprint density at radius 1 is 1.60 bits per heavy atom. The summed E-state index contributed by atoms with van der Waals surface area (Å²) in [6.45, 7) is 9.94. The maximum atomic E-state index is 12.4. The third-order valence-electron chi connectivity index (χ3n) is 3.91. The summed E-state index contributed by atoms with van der Waals surface area (Å²) in [7, 11) is 0. The Balaban J connectivity index is 2.00. The van der Waals surface area contributed by atoms with Gasteiger partial charge in [-0.2, -0.15) is 0 Å². The van der Waals surface area contributed by atoms with E-state index in [1.54, 1.807) is 0 Å². The molecular weight excluding hydrogens is 272 g/mol. The van der Waals surface area contributed by atoms with Gasteiger partial charge in [0.05, 0.1) is 6.04 Å². The summed E-state index contributed by atoms with van der Waals surface area (Å²) in [5.41, 5.74) is 6.34. The van der Waals surface area contributed by atoms with Crippen LogP contribution in [-0.2, 0) is 0 Å². The number of nitrogens with zero attached hydrogens (tertiary/aromatic N) is 3. The fourth-order valence-electron chi connectivity index (χ4n) is 2.72. The number of carbonyl (C=O) groups excluding carboxylic acids is 1. The number of nitrogens with two attached hydrogens (primary N) is 1. The van der Waals surface area contributed by atoms with Crippen LogP contribution >= 0.6 is 11.3 Å². The van der Waals surface area contributed by atoms with E-state index in [1.807, 2.05) is 17.2 Å². The number of hydrogen-bond acceptors (Lipinski definition) is 5. The molecule has 0 bridgehead atoms. The number of amides is 1. The number of carbonyl (C=O) groups is 1. The molecule has 0 aliphatic carbocycles. The van der Waals surface area contributed by atoms with Crippen LogP contribution in [0.5, 0.6) is 0 Å². The van der Waals surface area contributed by atoms with Gasteiger partial charge in [0.1, 0.15) is 10.7 Å². The number of aromatic nitrogens is 1. The lowest BCUT2D eigenvalue weighted by atomic mass is 10.2. The highest BCUT2D eigenvalue weighted by Gasteiger charge is 2.30. The summed E-state index contributed by atoms with van der Waals surface area (Å²) in [6.07, 6.45) is 1.05. The van der Waals surface area contributed by atoms with Crippen LogP contribution in [0.15, 0.2) is 5.38 Å². The molecule has 1 aliphatic rings. The summed E-state index contributed by atoms with van der Waals surface area (Å²) in [6, 6.07) is 0.379. The Kier molecular flexibility index (Phi) is 5.12. The van der Waals surface area contributed by atoms with Crippen molar-refractivity contribution in [1.82, 2.24) is 14.8 Å². The smallest absolute Gasteiger partial charge is 0.273 e. The van der Waals surface area contributed by atoms with E-state index < -0.39 is 0 Å². The monoisotopic (exact) mass is 296 g/mol. The van der Waals surface area contributed by atoms with Gasteiger partial charge in [-0.1, -0.05) is 13.8 Å². The van der Waals surface area contributed by atoms with Crippen LogP contribution in [0.2, 0.25) is 0 Å². The zero-order valence-corrected chi connectivity index (χ0v) is 13.3. The van der Waals surface area contributed by atoms with Crippen LogP contribution in [0, 0.1) is 0 Å². The molecule has 6 heteroatoms. The molecule has 1 saturated heterocycles. The SMILES string of the molecule is CCN(CC)C1CCN(C(=O)c2csc(C(C)N)n2)C1. The Labute approximate surface area is 124 Å². The third kappa shape index (κ3) is 3.19. The van der Waals surface area contributed by atoms with Crippen molar-refractivity contribution in [2.24, 2.45) is 5.73 Å². The van der Waals surface area contributed by atoms with Crippen LogP contribution in [0.3, 0.4) is 0 Å².